The van der Waals surface area contributed by atoms with Crippen LogP contribution in [0, 0.1) is 6.92 Å². The molecule has 3 rings (SSSR count). The summed E-state index contributed by atoms with van der Waals surface area (Å²) in [4.78, 5) is 18.6. The van der Waals surface area contributed by atoms with Gasteiger partial charge in [0.25, 0.3) is 6.43 Å². The molecule has 2 N–H and O–H groups in total. The first-order valence-electron chi connectivity index (χ1n) is 7.14. The Morgan fingerprint density at radius 2 is 1.96 bits per heavy atom. The van der Waals surface area contributed by atoms with Crippen molar-refractivity contribution < 1.29 is 13.5 Å². The predicted molar refractivity (Wildman–Crippen MR) is 80.2 cm³/mol. The molecule has 7 nitrogen and oxygen atoms in total. The largest absolute Gasteiger partial charge is 0.384 e. The van der Waals surface area contributed by atoms with Gasteiger partial charge in [0.05, 0.1) is 13.2 Å². The van der Waals surface area contributed by atoms with Gasteiger partial charge in [-0.05, 0) is 13.0 Å². The first-order valence-corrected chi connectivity index (χ1v) is 7.14. The third-order valence-corrected chi connectivity index (χ3v) is 3.46. The zero-order chi connectivity index (χ0) is 16.4. The second-order valence-corrected chi connectivity index (χ2v) is 5.10. The Balaban J connectivity index is 2.05. The second kappa shape index (κ2) is 6.37. The van der Waals surface area contributed by atoms with E-state index < -0.39 is 6.43 Å². The van der Waals surface area contributed by atoms with Crippen molar-refractivity contribution in [3.63, 3.8) is 0 Å². The standard InChI is InChI=1S/C14H16F2N6O/c1-8-19-13(10-7-18-11(17)6-9(10)12(15)16)21-14(20-8)22-2-4-23-5-3-22/h6-7,12H,2-5H2,1H3,(H2,17,18). The number of morpholine rings is 1. The van der Waals surface area contributed by atoms with Gasteiger partial charge in [0.2, 0.25) is 5.95 Å². The summed E-state index contributed by atoms with van der Waals surface area (Å²) in [6, 6.07) is 1.15. The van der Waals surface area contributed by atoms with E-state index in [1.807, 2.05) is 4.90 Å². The summed E-state index contributed by atoms with van der Waals surface area (Å²) in [7, 11) is 0. The maximum absolute atomic E-state index is 13.3. The van der Waals surface area contributed by atoms with E-state index in [1.165, 1.54) is 6.20 Å². The van der Waals surface area contributed by atoms with Crippen molar-refractivity contribution in [1.82, 2.24) is 19.9 Å². The maximum atomic E-state index is 13.3. The van der Waals surface area contributed by atoms with Crippen LogP contribution in [0.4, 0.5) is 20.5 Å². The Hall–Kier alpha value is -2.42. The van der Waals surface area contributed by atoms with Crippen LogP contribution in [-0.4, -0.2) is 46.2 Å². The van der Waals surface area contributed by atoms with Crippen LogP contribution in [0.5, 0.6) is 0 Å². The first-order chi connectivity index (χ1) is 11.0. The van der Waals surface area contributed by atoms with Gasteiger partial charge in [-0.15, -0.1) is 0 Å². The number of rotatable bonds is 3. The van der Waals surface area contributed by atoms with Gasteiger partial charge in [-0.25, -0.2) is 18.7 Å². The summed E-state index contributed by atoms with van der Waals surface area (Å²) in [5, 5.41) is 0. The Labute approximate surface area is 131 Å². The van der Waals surface area contributed by atoms with Gasteiger partial charge in [-0.3, -0.25) is 0 Å². The molecule has 0 aliphatic carbocycles. The normalized spacial score (nSPS) is 15.2. The van der Waals surface area contributed by atoms with Crippen molar-refractivity contribution in [3.8, 4) is 11.4 Å². The number of nitrogen functional groups attached to an aromatic ring is 1. The number of nitrogens with zero attached hydrogens (tertiary/aromatic N) is 5. The molecule has 0 spiro atoms. The van der Waals surface area contributed by atoms with Crippen LogP contribution in [0.15, 0.2) is 12.3 Å². The SMILES string of the molecule is Cc1nc(-c2cnc(N)cc2C(F)F)nc(N2CCOCC2)n1. The fourth-order valence-electron chi connectivity index (χ4n) is 2.35. The number of aromatic nitrogens is 4. The van der Waals surface area contributed by atoms with Crippen molar-refractivity contribution in [2.24, 2.45) is 0 Å². The van der Waals surface area contributed by atoms with E-state index in [1.54, 1.807) is 6.92 Å². The summed E-state index contributed by atoms with van der Waals surface area (Å²) in [6.45, 7) is 4.13. The maximum Gasteiger partial charge on any atom is 0.264 e. The van der Waals surface area contributed by atoms with Gasteiger partial charge in [-0.2, -0.15) is 9.97 Å². The number of aryl methyl sites for hydroxylation is 1. The van der Waals surface area contributed by atoms with Crippen LogP contribution in [0.25, 0.3) is 11.4 Å². The average Bonchev–Trinajstić information content (AvgIpc) is 2.55. The highest BCUT2D eigenvalue weighted by molar-refractivity contribution is 5.62. The Morgan fingerprint density at radius 1 is 1.22 bits per heavy atom. The molecule has 0 amide bonds. The number of alkyl halides is 2. The lowest BCUT2D eigenvalue weighted by molar-refractivity contribution is 0.122. The number of pyridine rings is 1. The van der Waals surface area contributed by atoms with Crippen molar-refractivity contribution in [3.05, 3.63) is 23.7 Å². The summed E-state index contributed by atoms with van der Waals surface area (Å²) < 4.78 is 31.8. The lowest BCUT2D eigenvalue weighted by Gasteiger charge is -2.27. The molecule has 122 valence electrons. The Bertz CT molecular complexity index is 706. The van der Waals surface area contributed by atoms with E-state index >= 15 is 0 Å². The predicted octanol–water partition coefficient (Wildman–Crippen LogP) is 1.60. The minimum absolute atomic E-state index is 0.0308. The van der Waals surface area contributed by atoms with Gasteiger partial charge in [-0.1, -0.05) is 0 Å². The molecule has 9 heteroatoms. The van der Waals surface area contributed by atoms with Gasteiger partial charge >= 0.3 is 0 Å². The van der Waals surface area contributed by atoms with Crippen molar-refractivity contribution >= 4 is 11.8 Å². The quantitative estimate of drug-likeness (QED) is 0.918. The van der Waals surface area contributed by atoms with Crippen molar-refractivity contribution in [2.75, 3.05) is 36.9 Å². The average molecular weight is 322 g/mol. The summed E-state index contributed by atoms with van der Waals surface area (Å²) in [6.07, 6.45) is -1.42. The first kappa shape index (κ1) is 15.5. The minimum atomic E-state index is -2.70. The van der Waals surface area contributed by atoms with E-state index in [0.29, 0.717) is 38.1 Å². The third kappa shape index (κ3) is 3.34. The number of hydrogen-bond donors (Lipinski definition) is 1. The molecular formula is C14H16F2N6O. The minimum Gasteiger partial charge on any atom is -0.384 e. The van der Waals surface area contributed by atoms with Crippen molar-refractivity contribution in [2.45, 2.75) is 13.3 Å². The summed E-state index contributed by atoms with van der Waals surface area (Å²) >= 11 is 0. The highest BCUT2D eigenvalue weighted by atomic mass is 19.3. The Morgan fingerprint density at radius 3 is 2.65 bits per heavy atom. The fraction of sp³-hybridized carbons (Fsp3) is 0.429. The van der Waals surface area contributed by atoms with Crippen molar-refractivity contribution in [1.29, 1.82) is 0 Å². The lowest BCUT2D eigenvalue weighted by atomic mass is 10.1. The second-order valence-electron chi connectivity index (χ2n) is 5.10. The highest BCUT2D eigenvalue weighted by Gasteiger charge is 2.20. The molecule has 3 heterocycles. The Kier molecular flexibility index (Phi) is 4.28. The van der Waals surface area contributed by atoms with Crippen LogP contribution < -0.4 is 10.6 Å². The van der Waals surface area contributed by atoms with Crippen LogP contribution in [0.1, 0.15) is 17.8 Å². The molecule has 1 fully saturated rings. The molecule has 23 heavy (non-hydrogen) atoms. The van der Waals surface area contributed by atoms with Gasteiger partial charge < -0.3 is 15.4 Å². The lowest BCUT2D eigenvalue weighted by Crippen LogP contribution is -2.37. The zero-order valence-electron chi connectivity index (χ0n) is 12.5. The van der Waals surface area contributed by atoms with Gasteiger partial charge in [0.15, 0.2) is 5.82 Å². The van der Waals surface area contributed by atoms with E-state index in [0.717, 1.165) is 6.07 Å². The molecule has 0 radical (unpaired) electrons. The highest BCUT2D eigenvalue weighted by Crippen LogP contribution is 2.30. The van der Waals surface area contributed by atoms with Gasteiger partial charge in [0, 0.05) is 30.4 Å². The molecule has 0 bridgehead atoms. The number of anilines is 2. The summed E-state index contributed by atoms with van der Waals surface area (Å²) in [5.41, 5.74) is 5.42. The molecule has 1 aliphatic heterocycles. The molecule has 0 aromatic carbocycles. The van der Waals surface area contributed by atoms with Crippen LogP contribution in [0.2, 0.25) is 0 Å². The van der Waals surface area contributed by atoms with Crippen LogP contribution >= 0.6 is 0 Å². The van der Waals surface area contributed by atoms with Crippen LogP contribution in [-0.2, 0) is 4.74 Å². The molecule has 2 aromatic rings. The molecule has 1 saturated heterocycles. The fourth-order valence-corrected chi connectivity index (χ4v) is 2.35. The molecule has 2 aromatic heterocycles. The van der Waals surface area contributed by atoms with E-state index in [2.05, 4.69) is 19.9 Å². The number of halogens is 2. The van der Waals surface area contributed by atoms with E-state index in [4.69, 9.17) is 10.5 Å². The van der Waals surface area contributed by atoms with E-state index in [9.17, 15) is 8.78 Å². The molecule has 0 saturated carbocycles. The summed E-state index contributed by atoms with van der Waals surface area (Å²) in [5.74, 6) is 1.10. The topological polar surface area (TPSA) is 90.0 Å². The molecule has 1 aliphatic rings. The monoisotopic (exact) mass is 322 g/mol. The zero-order valence-corrected chi connectivity index (χ0v) is 12.5. The number of hydrogen-bond acceptors (Lipinski definition) is 7. The van der Waals surface area contributed by atoms with Crippen LogP contribution in [0.3, 0.4) is 0 Å². The van der Waals surface area contributed by atoms with E-state index in [-0.39, 0.29) is 22.8 Å². The molecular weight excluding hydrogens is 306 g/mol. The number of ether oxygens (including phenoxy) is 1. The molecule has 0 atom stereocenters. The van der Waals surface area contributed by atoms with Gasteiger partial charge in [0.1, 0.15) is 11.6 Å². The number of nitrogens with two attached hydrogens (primary N) is 1. The third-order valence-electron chi connectivity index (χ3n) is 3.46. The molecule has 0 unspecified atom stereocenters. The smallest absolute Gasteiger partial charge is 0.264 e.